The van der Waals surface area contributed by atoms with E-state index in [1.54, 1.807) is 31.3 Å². The summed E-state index contributed by atoms with van der Waals surface area (Å²) in [5, 5.41) is 13.6. The number of rotatable bonds is 4. The zero-order valence-corrected chi connectivity index (χ0v) is 11.6. The zero-order chi connectivity index (χ0) is 15.4. The highest BCUT2D eigenvalue weighted by molar-refractivity contribution is 5.91. The summed E-state index contributed by atoms with van der Waals surface area (Å²) in [6, 6.07) is 10.1. The van der Waals surface area contributed by atoms with E-state index in [1.165, 1.54) is 30.2 Å². The maximum absolute atomic E-state index is 11.3. The second kappa shape index (κ2) is 6.00. The summed E-state index contributed by atoms with van der Waals surface area (Å²) in [4.78, 5) is 26.8. The van der Waals surface area contributed by atoms with Crippen molar-refractivity contribution in [3.63, 3.8) is 0 Å². The average molecular weight is 286 g/mol. The van der Waals surface area contributed by atoms with E-state index in [9.17, 15) is 14.9 Å². The van der Waals surface area contributed by atoms with Crippen LogP contribution in [0.3, 0.4) is 0 Å². The number of hydrogen-bond donors (Lipinski definition) is 1. The Bertz CT molecular complexity index is 653. The van der Waals surface area contributed by atoms with Gasteiger partial charge in [0.25, 0.3) is 5.69 Å². The Labute approximate surface area is 121 Å². The molecule has 1 amide bonds. The molecule has 0 saturated heterocycles. The SMILES string of the molecule is CC(=O)N(C)c1ccc(Nc2ccc([N+](=O)[O-])cn2)cc1. The van der Waals surface area contributed by atoms with Gasteiger partial charge < -0.3 is 10.2 Å². The number of benzene rings is 1. The number of pyridine rings is 1. The molecule has 0 bridgehead atoms. The molecule has 0 atom stereocenters. The fraction of sp³-hybridized carbons (Fsp3) is 0.143. The molecule has 0 unspecified atom stereocenters. The Morgan fingerprint density at radius 3 is 2.38 bits per heavy atom. The van der Waals surface area contributed by atoms with Gasteiger partial charge in [0.2, 0.25) is 5.91 Å². The maximum atomic E-state index is 11.3. The van der Waals surface area contributed by atoms with E-state index in [1.807, 2.05) is 0 Å². The third-order valence-corrected chi connectivity index (χ3v) is 2.96. The summed E-state index contributed by atoms with van der Waals surface area (Å²) < 4.78 is 0. The average Bonchev–Trinajstić information content (AvgIpc) is 2.47. The quantitative estimate of drug-likeness (QED) is 0.689. The number of nitrogens with one attached hydrogen (secondary N) is 1. The molecule has 7 nitrogen and oxygen atoms in total. The van der Waals surface area contributed by atoms with Crippen LogP contribution in [0.1, 0.15) is 6.92 Å². The number of hydrogen-bond acceptors (Lipinski definition) is 5. The van der Waals surface area contributed by atoms with Crippen molar-refractivity contribution in [3.05, 3.63) is 52.7 Å². The van der Waals surface area contributed by atoms with Crippen molar-refractivity contribution >= 4 is 28.8 Å². The molecular weight excluding hydrogens is 272 g/mol. The molecular formula is C14H14N4O3. The van der Waals surface area contributed by atoms with E-state index in [-0.39, 0.29) is 11.6 Å². The number of anilines is 3. The van der Waals surface area contributed by atoms with E-state index < -0.39 is 4.92 Å². The van der Waals surface area contributed by atoms with Gasteiger partial charge in [0.05, 0.1) is 4.92 Å². The molecule has 0 fully saturated rings. The first-order chi connectivity index (χ1) is 9.97. The van der Waals surface area contributed by atoms with Crippen LogP contribution in [-0.4, -0.2) is 22.9 Å². The van der Waals surface area contributed by atoms with Gasteiger partial charge in [0.15, 0.2) is 0 Å². The highest BCUT2D eigenvalue weighted by atomic mass is 16.6. The summed E-state index contributed by atoms with van der Waals surface area (Å²) in [6.07, 6.45) is 1.19. The van der Waals surface area contributed by atoms with E-state index in [2.05, 4.69) is 10.3 Å². The predicted molar refractivity (Wildman–Crippen MR) is 79.7 cm³/mol. The van der Waals surface area contributed by atoms with Gasteiger partial charge in [0.1, 0.15) is 12.0 Å². The molecule has 1 aromatic carbocycles. The molecule has 0 aliphatic carbocycles. The lowest BCUT2D eigenvalue weighted by molar-refractivity contribution is -0.385. The maximum Gasteiger partial charge on any atom is 0.287 e. The van der Waals surface area contributed by atoms with Crippen molar-refractivity contribution in [1.29, 1.82) is 0 Å². The second-order valence-electron chi connectivity index (χ2n) is 4.41. The van der Waals surface area contributed by atoms with Gasteiger partial charge >= 0.3 is 0 Å². The topological polar surface area (TPSA) is 88.4 Å². The van der Waals surface area contributed by atoms with E-state index in [4.69, 9.17) is 0 Å². The number of amides is 1. The molecule has 1 heterocycles. The van der Waals surface area contributed by atoms with E-state index >= 15 is 0 Å². The van der Waals surface area contributed by atoms with Crippen LogP contribution in [0, 0.1) is 10.1 Å². The third-order valence-electron chi connectivity index (χ3n) is 2.96. The fourth-order valence-corrected chi connectivity index (χ4v) is 1.67. The Kier molecular flexibility index (Phi) is 4.13. The zero-order valence-electron chi connectivity index (χ0n) is 11.6. The number of carbonyl (C=O) groups excluding carboxylic acids is 1. The molecule has 1 N–H and O–H groups in total. The van der Waals surface area contributed by atoms with Crippen molar-refractivity contribution in [3.8, 4) is 0 Å². The molecule has 7 heteroatoms. The van der Waals surface area contributed by atoms with Gasteiger partial charge in [-0.25, -0.2) is 4.98 Å². The van der Waals surface area contributed by atoms with Crippen LogP contribution in [0.15, 0.2) is 42.6 Å². The Balaban J connectivity index is 2.09. The smallest absolute Gasteiger partial charge is 0.287 e. The van der Waals surface area contributed by atoms with Gasteiger partial charge in [-0.2, -0.15) is 0 Å². The first-order valence-corrected chi connectivity index (χ1v) is 6.19. The standard InChI is InChI=1S/C14H14N4O3/c1-10(19)17(2)12-5-3-11(4-6-12)16-14-8-7-13(9-15-14)18(20)21/h3-9H,1-2H3,(H,15,16). The number of nitro groups is 1. The van der Waals surface area contributed by atoms with Crippen LogP contribution < -0.4 is 10.2 Å². The predicted octanol–water partition coefficient (Wildman–Crippen LogP) is 2.72. The summed E-state index contributed by atoms with van der Waals surface area (Å²) >= 11 is 0. The molecule has 108 valence electrons. The lowest BCUT2D eigenvalue weighted by atomic mass is 10.2. The van der Waals surface area contributed by atoms with Crippen molar-refractivity contribution in [2.75, 3.05) is 17.3 Å². The van der Waals surface area contributed by atoms with Crippen molar-refractivity contribution < 1.29 is 9.72 Å². The lowest BCUT2D eigenvalue weighted by Gasteiger charge is -2.15. The molecule has 0 aliphatic heterocycles. The number of carbonyl (C=O) groups is 1. The molecule has 0 spiro atoms. The first-order valence-electron chi connectivity index (χ1n) is 6.19. The fourth-order valence-electron chi connectivity index (χ4n) is 1.67. The normalized spacial score (nSPS) is 10.0. The third kappa shape index (κ3) is 3.53. The van der Waals surface area contributed by atoms with Crippen LogP contribution in [0.25, 0.3) is 0 Å². The molecule has 0 radical (unpaired) electrons. The van der Waals surface area contributed by atoms with Gasteiger partial charge in [-0.1, -0.05) is 0 Å². The van der Waals surface area contributed by atoms with Gasteiger partial charge in [-0.05, 0) is 30.3 Å². The minimum absolute atomic E-state index is 0.0484. The minimum Gasteiger partial charge on any atom is -0.340 e. The van der Waals surface area contributed by atoms with Crippen LogP contribution in [0.5, 0.6) is 0 Å². The van der Waals surface area contributed by atoms with Gasteiger partial charge in [-0.15, -0.1) is 0 Å². The van der Waals surface area contributed by atoms with Crippen molar-refractivity contribution in [1.82, 2.24) is 4.98 Å². The largest absolute Gasteiger partial charge is 0.340 e. The lowest BCUT2D eigenvalue weighted by Crippen LogP contribution is -2.22. The highest BCUT2D eigenvalue weighted by Gasteiger charge is 2.07. The van der Waals surface area contributed by atoms with E-state index in [0.717, 1.165) is 11.4 Å². The molecule has 0 saturated carbocycles. The van der Waals surface area contributed by atoms with E-state index in [0.29, 0.717) is 5.82 Å². The Morgan fingerprint density at radius 2 is 1.90 bits per heavy atom. The molecule has 2 aromatic rings. The first kappa shape index (κ1) is 14.4. The van der Waals surface area contributed by atoms with Crippen LogP contribution >= 0.6 is 0 Å². The van der Waals surface area contributed by atoms with Crippen LogP contribution in [-0.2, 0) is 4.79 Å². The minimum atomic E-state index is -0.497. The summed E-state index contributed by atoms with van der Waals surface area (Å²) in [5.41, 5.74) is 1.50. The summed E-state index contributed by atoms with van der Waals surface area (Å²) in [7, 11) is 1.70. The monoisotopic (exact) mass is 286 g/mol. The molecule has 0 aliphatic rings. The Morgan fingerprint density at radius 1 is 1.24 bits per heavy atom. The summed E-state index contributed by atoms with van der Waals surface area (Å²) in [5.74, 6) is 0.459. The number of aromatic nitrogens is 1. The van der Waals surface area contributed by atoms with Crippen molar-refractivity contribution in [2.45, 2.75) is 6.92 Å². The number of nitrogens with zero attached hydrogens (tertiary/aromatic N) is 3. The van der Waals surface area contributed by atoms with Crippen LogP contribution in [0.2, 0.25) is 0 Å². The van der Waals surface area contributed by atoms with Crippen molar-refractivity contribution in [2.24, 2.45) is 0 Å². The molecule has 21 heavy (non-hydrogen) atoms. The molecule has 1 aromatic heterocycles. The van der Waals surface area contributed by atoms with Crippen LogP contribution in [0.4, 0.5) is 22.9 Å². The summed E-state index contributed by atoms with van der Waals surface area (Å²) in [6.45, 7) is 1.49. The van der Waals surface area contributed by atoms with Gasteiger partial charge in [0, 0.05) is 31.4 Å². The highest BCUT2D eigenvalue weighted by Crippen LogP contribution is 2.20. The van der Waals surface area contributed by atoms with Gasteiger partial charge in [-0.3, -0.25) is 14.9 Å². The second-order valence-corrected chi connectivity index (χ2v) is 4.41. The molecule has 2 rings (SSSR count). The Hall–Kier alpha value is -2.96.